The van der Waals surface area contributed by atoms with Crippen LogP contribution in [0.1, 0.15) is 40.0 Å². The van der Waals surface area contributed by atoms with Gasteiger partial charge in [0.15, 0.2) is 0 Å². The van der Waals surface area contributed by atoms with E-state index in [-0.39, 0.29) is 19.3 Å². The van der Waals surface area contributed by atoms with E-state index in [2.05, 4.69) is 5.32 Å². The Hall–Kier alpha value is -0.980. The van der Waals surface area contributed by atoms with Crippen molar-refractivity contribution in [1.82, 2.24) is 5.32 Å². The molecule has 112 valence electrons. The summed E-state index contributed by atoms with van der Waals surface area (Å²) in [5, 5.41) is 2.54. The van der Waals surface area contributed by atoms with Crippen LogP contribution in [0.15, 0.2) is 0 Å². The van der Waals surface area contributed by atoms with E-state index in [1.165, 1.54) is 0 Å². The summed E-state index contributed by atoms with van der Waals surface area (Å²) in [4.78, 5) is 11.5. The lowest BCUT2D eigenvalue weighted by atomic mass is 9.82. The molecule has 4 nitrogen and oxygen atoms in total. The Morgan fingerprint density at radius 1 is 1.26 bits per heavy atom. The number of hydrogen-bond donors (Lipinski definition) is 2. The standard InChI is InChI=1S/C12H21F3N2O2/c1-11(2,3)19-10(18)17-9-5-4-7(6-8(9)16)12(13,14)15/h7-9H,4-6,16H2,1-3H3,(H,17,18)/t7?,8-,9-/m0/s1. The number of carbonyl (C=O) groups excluding carboxylic acids is 1. The minimum Gasteiger partial charge on any atom is -0.444 e. The van der Waals surface area contributed by atoms with Crippen molar-refractivity contribution in [1.29, 1.82) is 0 Å². The van der Waals surface area contributed by atoms with Gasteiger partial charge in [-0.3, -0.25) is 0 Å². The topological polar surface area (TPSA) is 64.3 Å². The molecule has 0 bridgehead atoms. The third-order valence-corrected chi connectivity index (χ3v) is 3.06. The largest absolute Gasteiger partial charge is 0.444 e. The molecule has 0 aromatic heterocycles. The number of amides is 1. The van der Waals surface area contributed by atoms with Gasteiger partial charge in [-0.05, 0) is 40.0 Å². The molecule has 1 aliphatic carbocycles. The monoisotopic (exact) mass is 282 g/mol. The van der Waals surface area contributed by atoms with Gasteiger partial charge in [-0.2, -0.15) is 13.2 Å². The Labute approximate surface area is 110 Å². The second-order valence-electron chi connectivity index (χ2n) is 5.97. The molecule has 1 fully saturated rings. The van der Waals surface area contributed by atoms with Crippen molar-refractivity contribution in [3.05, 3.63) is 0 Å². The van der Waals surface area contributed by atoms with Crippen LogP contribution in [-0.2, 0) is 4.74 Å². The average Bonchev–Trinajstić information content (AvgIpc) is 2.16. The van der Waals surface area contributed by atoms with Crippen molar-refractivity contribution in [2.75, 3.05) is 0 Å². The minimum atomic E-state index is -4.21. The summed E-state index contributed by atoms with van der Waals surface area (Å²) in [7, 11) is 0. The molecule has 1 aliphatic rings. The zero-order valence-electron chi connectivity index (χ0n) is 11.4. The van der Waals surface area contributed by atoms with Crippen LogP contribution in [0.25, 0.3) is 0 Å². The number of halogens is 3. The smallest absolute Gasteiger partial charge is 0.407 e. The molecule has 7 heteroatoms. The van der Waals surface area contributed by atoms with Gasteiger partial charge in [-0.1, -0.05) is 0 Å². The maximum Gasteiger partial charge on any atom is 0.407 e. The number of carbonyl (C=O) groups is 1. The molecule has 1 saturated carbocycles. The number of alkyl halides is 3. The predicted octanol–water partition coefficient (Wildman–Crippen LogP) is 2.57. The van der Waals surface area contributed by atoms with Crippen LogP contribution >= 0.6 is 0 Å². The highest BCUT2D eigenvalue weighted by molar-refractivity contribution is 5.68. The molecular formula is C12H21F3N2O2. The molecule has 0 radical (unpaired) electrons. The van der Waals surface area contributed by atoms with Crippen molar-refractivity contribution in [2.45, 2.75) is 63.9 Å². The van der Waals surface area contributed by atoms with Crippen molar-refractivity contribution in [3.63, 3.8) is 0 Å². The Morgan fingerprint density at radius 3 is 2.26 bits per heavy atom. The summed E-state index contributed by atoms with van der Waals surface area (Å²) < 4.78 is 42.7. The van der Waals surface area contributed by atoms with Gasteiger partial charge in [-0.15, -0.1) is 0 Å². The molecule has 1 unspecified atom stereocenters. The van der Waals surface area contributed by atoms with Crippen molar-refractivity contribution in [3.8, 4) is 0 Å². The molecule has 1 rings (SSSR count). The molecule has 3 atom stereocenters. The maximum absolute atomic E-state index is 12.6. The van der Waals surface area contributed by atoms with Gasteiger partial charge in [0, 0.05) is 12.1 Å². The summed E-state index contributed by atoms with van der Waals surface area (Å²) in [6.45, 7) is 5.15. The summed E-state index contributed by atoms with van der Waals surface area (Å²) in [6.07, 6.45) is -4.82. The third kappa shape index (κ3) is 5.26. The van der Waals surface area contributed by atoms with E-state index in [9.17, 15) is 18.0 Å². The Bertz CT molecular complexity index is 326. The van der Waals surface area contributed by atoms with Crippen LogP contribution in [0.4, 0.5) is 18.0 Å². The van der Waals surface area contributed by atoms with Crippen molar-refractivity contribution >= 4 is 6.09 Å². The Morgan fingerprint density at radius 2 is 1.84 bits per heavy atom. The fourth-order valence-electron chi connectivity index (χ4n) is 2.14. The van der Waals surface area contributed by atoms with Crippen LogP contribution in [0.2, 0.25) is 0 Å². The molecule has 0 aromatic carbocycles. The first-order chi connectivity index (χ1) is 8.49. The van der Waals surface area contributed by atoms with Crippen LogP contribution in [0, 0.1) is 5.92 Å². The normalized spacial score (nSPS) is 28.9. The summed E-state index contributed by atoms with van der Waals surface area (Å²) in [5.74, 6) is -1.38. The highest BCUT2D eigenvalue weighted by Crippen LogP contribution is 2.37. The van der Waals surface area contributed by atoms with Gasteiger partial charge in [0.1, 0.15) is 5.60 Å². The number of nitrogens with two attached hydrogens (primary N) is 1. The van der Waals surface area contributed by atoms with Gasteiger partial charge in [0.2, 0.25) is 0 Å². The molecule has 0 saturated heterocycles. The molecule has 3 N–H and O–H groups in total. The van der Waals surface area contributed by atoms with E-state index in [1.807, 2.05) is 0 Å². The summed E-state index contributed by atoms with van der Waals surface area (Å²) >= 11 is 0. The first kappa shape index (κ1) is 16.1. The molecule has 1 amide bonds. The molecule has 0 aliphatic heterocycles. The lowest BCUT2D eigenvalue weighted by molar-refractivity contribution is -0.184. The number of rotatable bonds is 1. The number of alkyl carbamates (subject to hydrolysis) is 1. The molecule has 0 spiro atoms. The molecular weight excluding hydrogens is 261 g/mol. The molecule has 19 heavy (non-hydrogen) atoms. The second kappa shape index (κ2) is 5.56. The van der Waals surface area contributed by atoms with E-state index in [4.69, 9.17) is 10.5 Å². The fourth-order valence-corrected chi connectivity index (χ4v) is 2.14. The number of ether oxygens (including phenoxy) is 1. The van der Waals surface area contributed by atoms with Gasteiger partial charge in [0.25, 0.3) is 0 Å². The number of hydrogen-bond acceptors (Lipinski definition) is 3. The summed E-state index contributed by atoms with van der Waals surface area (Å²) in [6, 6.07) is -1.17. The quantitative estimate of drug-likeness (QED) is 0.777. The van der Waals surface area contributed by atoms with Gasteiger partial charge in [-0.25, -0.2) is 4.79 Å². The number of nitrogens with one attached hydrogen (secondary N) is 1. The lowest BCUT2D eigenvalue weighted by Gasteiger charge is -2.35. The van der Waals surface area contributed by atoms with Crippen LogP contribution in [-0.4, -0.2) is 30.0 Å². The SMILES string of the molecule is CC(C)(C)OC(=O)N[C@H]1CCC(C(F)(F)F)C[C@@H]1N. The zero-order valence-corrected chi connectivity index (χ0v) is 11.4. The van der Waals surface area contributed by atoms with Crippen LogP contribution in [0.5, 0.6) is 0 Å². The second-order valence-corrected chi connectivity index (χ2v) is 5.97. The van der Waals surface area contributed by atoms with E-state index >= 15 is 0 Å². The van der Waals surface area contributed by atoms with Crippen molar-refractivity contribution < 1.29 is 22.7 Å². The zero-order chi connectivity index (χ0) is 14.8. The minimum absolute atomic E-state index is 0.0162. The van der Waals surface area contributed by atoms with Crippen LogP contribution < -0.4 is 11.1 Å². The Balaban J connectivity index is 2.48. The highest BCUT2D eigenvalue weighted by Gasteiger charge is 2.44. The molecule has 0 aromatic rings. The maximum atomic E-state index is 12.6. The van der Waals surface area contributed by atoms with Gasteiger partial charge < -0.3 is 15.8 Å². The van der Waals surface area contributed by atoms with E-state index in [0.29, 0.717) is 0 Å². The molecule has 0 heterocycles. The third-order valence-electron chi connectivity index (χ3n) is 3.06. The first-order valence-electron chi connectivity index (χ1n) is 6.31. The lowest BCUT2D eigenvalue weighted by Crippen LogP contribution is -2.53. The first-order valence-corrected chi connectivity index (χ1v) is 6.31. The average molecular weight is 282 g/mol. The fraction of sp³-hybridized carbons (Fsp3) is 0.917. The van der Waals surface area contributed by atoms with Crippen LogP contribution in [0.3, 0.4) is 0 Å². The van der Waals surface area contributed by atoms with E-state index in [1.54, 1.807) is 20.8 Å². The predicted molar refractivity (Wildman–Crippen MR) is 64.5 cm³/mol. The van der Waals surface area contributed by atoms with Crippen molar-refractivity contribution in [2.24, 2.45) is 11.7 Å². The summed E-state index contributed by atoms with van der Waals surface area (Å²) in [5.41, 5.74) is 5.07. The van der Waals surface area contributed by atoms with Gasteiger partial charge in [0.05, 0.1) is 5.92 Å². The van der Waals surface area contributed by atoms with E-state index < -0.39 is 35.9 Å². The Kier molecular flexibility index (Phi) is 4.71. The van der Waals surface area contributed by atoms with Gasteiger partial charge >= 0.3 is 12.3 Å². The van der Waals surface area contributed by atoms with E-state index in [0.717, 1.165) is 0 Å². The highest BCUT2D eigenvalue weighted by atomic mass is 19.4.